The van der Waals surface area contributed by atoms with Gasteiger partial charge >= 0.3 is 12.1 Å². The van der Waals surface area contributed by atoms with Crippen molar-refractivity contribution in [2.45, 2.75) is 19.0 Å². The number of rotatable bonds is 3. The first-order valence-electron chi connectivity index (χ1n) is 8.90. The van der Waals surface area contributed by atoms with E-state index in [4.69, 9.17) is 9.90 Å². The van der Waals surface area contributed by atoms with Crippen molar-refractivity contribution >= 4 is 11.9 Å². The van der Waals surface area contributed by atoms with E-state index in [0.29, 0.717) is 19.6 Å². The van der Waals surface area contributed by atoms with E-state index in [0.717, 1.165) is 35.4 Å². The Morgan fingerprint density at radius 3 is 2.27 bits per heavy atom. The minimum absolute atomic E-state index is 0.153. The fraction of sp³-hybridized carbons (Fsp3) is 0.444. The summed E-state index contributed by atoms with van der Waals surface area (Å²) in [5, 5.41) is 7.12. The first-order valence-corrected chi connectivity index (χ1v) is 8.90. The van der Waals surface area contributed by atoms with Gasteiger partial charge in [0.25, 0.3) is 0 Å². The molecule has 30 heavy (non-hydrogen) atoms. The Kier molecular flexibility index (Phi) is 7.75. The molecule has 0 unspecified atom stereocenters. The SMILES string of the molecule is CN(C)CC(=O)N1CCc2ncnc(-c3cncnc3)c2CC1.O=C(O)C(F)(F)F. The van der Waals surface area contributed by atoms with E-state index in [9.17, 15) is 18.0 Å². The summed E-state index contributed by atoms with van der Waals surface area (Å²) < 4.78 is 31.7. The molecule has 0 bridgehead atoms. The van der Waals surface area contributed by atoms with Crippen LogP contribution >= 0.6 is 0 Å². The van der Waals surface area contributed by atoms with Gasteiger partial charge < -0.3 is 14.9 Å². The number of hydrogen-bond acceptors (Lipinski definition) is 7. The Hall–Kier alpha value is -3.15. The molecule has 162 valence electrons. The number of aliphatic carboxylic acids is 1. The van der Waals surface area contributed by atoms with Gasteiger partial charge in [0.05, 0.1) is 12.2 Å². The van der Waals surface area contributed by atoms with Gasteiger partial charge in [0.2, 0.25) is 5.91 Å². The molecule has 0 radical (unpaired) electrons. The van der Waals surface area contributed by atoms with Gasteiger partial charge in [-0.05, 0) is 20.5 Å². The number of likely N-dealkylation sites (N-methyl/N-ethyl adjacent to an activating group) is 1. The van der Waals surface area contributed by atoms with E-state index in [1.54, 1.807) is 18.7 Å². The predicted octanol–water partition coefficient (Wildman–Crippen LogP) is 1.06. The fourth-order valence-corrected chi connectivity index (χ4v) is 2.82. The maximum Gasteiger partial charge on any atom is 0.490 e. The van der Waals surface area contributed by atoms with Crippen LogP contribution in [0.25, 0.3) is 11.3 Å². The van der Waals surface area contributed by atoms with Crippen LogP contribution in [0.4, 0.5) is 13.2 Å². The molecule has 3 rings (SSSR count). The number of hydrogen-bond donors (Lipinski definition) is 1. The molecule has 0 atom stereocenters. The topological polar surface area (TPSA) is 112 Å². The predicted molar refractivity (Wildman–Crippen MR) is 99.3 cm³/mol. The van der Waals surface area contributed by atoms with E-state index in [1.807, 2.05) is 23.9 Å². The number of fused-ring (bicyclic) bond motifs is 1. The van der Waals surface area contributed by atoms with Crippen LogP contribution in [0, 0.1) is 0 Å². The van der Waals surface area contributed by atoms with Crippen LogP contribution in [-0.4, -0.2) is 86.6 Å². The van der Waals surface area contributed by atoms with Crippen molar-refractivity contribution in [2.24, 2.45) is 0 Å². The molecule has 1 aliphatic rings. The Morgan fingerprint density at radius 2 is 1.70 bits per heavy atom. The summed E-state index contributed by atoms with van der Waals surface area (Å²) in [7, 11) is 3.81. The first-order chi connectivity index (χ1) is 14.1. The zero-order chi connectivity index (χ0) is 22.3. The lowest BCUT2D eigenvalue weighted by atomic mass is 10.0. The van der Waals surface area contributed by atoms with Crippen LogP contribution in [-0.2, 0) is 22.4 Å². The van der Waals surface area contributed by atoms with Crippen LogP contribution in [0.5, 0.6) is 0 Å². The van der Waals surface area contributed by atoms with Crippen molar-refractivity contribution in [3.63, 3.8) is 0 Å². The minimum atomic E-state index is -5.08. The molecule has 0 spiro atoms. The number of carboxylic acids is 1. The van der Waals surface area contributed by atoms with Crippen molar-refractivity contribution < 1.29 is 27.9 Å². The number of alkyl halides is 3. The number of amides is 1. The molecule has 0 saturated carbocycles. The van der Waals surface area contributed by atoms with Gasteiger partial charge in [-0.15, -0.1) is 0 Å². The quantitative estimate of drug-likeness (QED) is 0.775. The first kappa shape index (κ1) is 23.1. The molecular weight excluding hydrogens is 405 g/mol. The van der Waals surface area contributed by atoms with Gasteiger partial charge in [-0.2, -0.15) is 13.2 Å². The van der Waals surface area contributed by atoms with Gasteiger partial charge in [-0.25, -0.2) is 24.7 Å². The molecule has 3 heterocycles. The number of nitrogens with zero attached hydrogens (tertiary/aromatic N) is 6. The highest BCUT2D eigenvalue weighted by atomic mass is 19.4. The van der Waals surface area contributed by atoms with E-state index < -0.39 is 12.1 Å². The summed E-state index contributed by atoms with van der Waals surface area (Å²) in [4.78, 5) is 42.0. The van der Waals surface area contributed by atoms with Gasteiger partial charge in [0.15, 0.2) is 0 Å². The molecule has 2 aromatic heterocycles. The van der Waals surface area contributed by atoms with Crippen LogP contribution < -0.4 is 0 Å². The molecule has 0 aromatic carbocycles. The standard InChI is InChI=1S/C16H20N6O.C2HF3O2/c1-21(2)9-15(23)22-5-3-13-14(4-6-22)19-11-20-16(13)12-7-17-10-18-8-12;3-2(4,5)1(6)7/h7-8,10-11H,3-6,9H2,1-2H3;(H,6,7). The molecule has 9 nitrogen and oxygen atoms in total. The maximum atomic E-state index is 12.3. The van der Waals surface area contributed by atoms with Gasteiger partial charge in [-0.3, -0.25) is 4.79 Å². The molecule has 0 fully saturated rings. The smallest absolute Gasteiger partial charge is 0.475 e. The number of aromatic nitrogens is 4. The lowest BCUT2D eigenvalue weighted by Gasteiger charge is -2.22. The monoisotopic (exact) mass is 426 g/mol. The Bertz CT molecular complexity index is 877. The minimum Gasteiger partial charge on any atom is -0.475 e. The largest absolute Gasteiger partial charge is 0.490 e. The molecular formula is C18H21F3N6O3. The van der Waals surface area contributed by atoms with Crippen molar-refractivity contribution in [1.82, 2.24) is 29.7 Å². The number of halogens is 3. The van der Waals surface area contributed by atoms with Gasteiger partial charge in [0, 0.05) is 48.7 Å². The molecule has 2 aromatic rings. The van der Waals surface area contributed by atoms with Crippen LogP contribution in [0.2, 0.25) is 0 Å². The lowest BCUT2D eigenvalue weighted by Crippen LogP contribution is -2.39. The fourth-order valence-electron chi connectivity index (χ4n) is 2.82. The molecule has 1 amide bonds. The number of carbonyl (C=O) groups is 2. The van der Waals surface area contributed by atoms with Crippen molar-refractivity contribution in [1.29, 1.82) is 0 Å². The number of carboxylic acid groups (broad SMARTS) is 1. The van der Waals surface area contributed by atoms with Gasteiger partial charge in [0.1, 0.15) is 12.7 Å². The van der Waals surface area contributed by atoms with Crippen molar-refractivity contribution in [3.05, 3.63) is 36.3 Å². The average Bonchev–Trinajstić information content (AvgIpc) is 2.90. The van der Waals surface area contributed by atoms with Crippen molar-refractivity contribution in [2.75, 3.05) is 33.7 Å². The van der Waals surface area contributed by atoms with Crippen molar-refractivity contribution in [3.8, 4) is 11.3 Å². The van der Waals surface area contributed by atoms with Crippen LogP contribution in [0.15, 0.2) is 25.0 Å². The number of carbonyl (C=O) groups excluding carboxylic acids is 1. The molecule has 12 heteroatoms. The normalized spacial score (nSPS) is 13.7. The van der Waals surface area contributed by atoms with E-state index >= 15 is 0 Å². The third-order valence-corrected chi connectivity index (χ3v) is 4.17. The third kappa shape index (κ3) is 6.44. The van der Waals surface area contributed by atoms with Crippen LogP contribution in [0.3, 0.4) is 0 Å². The Balaban J connectivity index is 0.000000396. The maximum absolute atomic E-state index is 12.3. The highest BCUT2D eigenvalue weighted by Gasteiger charge is 2.38. The highest BCUT2D eigenvalue weighted by molar-refractivity contribution is 5.78. The van der Waals surface area contributed by atoms with Crippen LogP contribution in [0.1, 0.15) is 11.3 Å². The lowest BCUT2D eigenvalue weighted by molar-refractivity contribution is -0.192. The third-order valence-electron chi connectivity index (χ3n) is 4.17. The summed E-state index contributed by atoms with van der Waals surface area (Å²) in [5.41, 5.74) is 3.87. The Morgan fingerprint density at radius 1 is 1.10 bits per heavy atom. The molecule has 1 N–H and O–H groups in total. The molecule has 0 saturated heterocycles. The second kappa shape index (κ2) is 10.1. The average molecular weight is 426 g/mol. The zero-order valence-electron chi connectivity index (χ0n) is 16.4. The zero-order valence-corrected chi connectivity index (χ0v) is 16.4. The summed E-state index contributed by atoms with van der Waals surface area (Å²) in [6.45, 7) is 1.82. The molecule has 0 aliphatic carbocycles. The van der Waals surface area contributed by atoms with E-state index in [2.05, 4.69) is 19.9 Å². The summed E-state index contributed by atoms with van der Waals surface area (Å²) in [6.07, 6.45) is 3.02. The van der Waals surface area contributed by atoms with Gasteiger partial charge in [-0.1, -0.05) is 0 Å². The van der Waals surface area contributed by atoms with E-state index in [-0.39, 0.29) is 5.91 Å². The second-order valence-electron chi connectivity index (χ2n) is 6.70. The second-order valence-corrected chi connectivity index (χ2v) is 6.70. The van der Waals surface area contributed by atoms with E-state index in [1.165, 1.54) is 6.33 Å². The molecule has 1 aliphatic heterocycles. The highest BCUT2D eigenvalue weighted by Crippen LogP contribution is 2.24. The Labute approximate surface area is 170 Å². The summed E-state index contributed by atoms with van der Waals surface area (Å²) in [5.74, 6) is -2.60. The summed E-state index contributed by atoms with van der Waals surface area (Å²) in [6, 6.07) is 0. The summed E-state index contributed by atoms with van der Waals surface area (Å²) >= 11 is 0.